The summed E-state index contributed by atoms with van der Waals surface area (Å²) >= 11 is 6.10. The van der Waals surface area contributed by atoms with Gasteiger partial charge in [0.2, 0.25) is 21.8 Å². The molecule has 3 aliphatic rings. The fourth-order valence-corrected chi connectivity index (χ4v) is 7.61. The van der Waals surface area contributed by atoms with Crippen LogP contribution in [-0.4, -0.2) is 99.3 Å². The number of carbonyl (C=O) groups excluding carboxylic acids is 3. The Kier molecular flexibility index (Phi) is 9.40. The number of hydrogen-bond donors (Lipinski definition) is 2. The largest absolute Gasteiger partial charge is 0.444 e. The quantitative estimate of drug-likeness (QED) is 0.488. The normalized spacial score (nSPS) is 20.5. The summed E-state index contributed by atoms with van der Waals surface area (Å²) in [7, 11) is -3.46. The van der Waals surface area contributed by atoms with Gasteiger partial charge in [0.05, 0.1) is 11.9 Å². The summed E-state index contributed by atoms with van der Waals surface area (Å²) in [4.78, 5) is 44.0. The molecule has 3 aliphatic heterocycles. The van der Waals surface area contributed by atoms with Gasteiger partial charge in [-0.3, -0.25) is 18.8 Å². The fraction of sp³-hybridized carbons (Fsp3) is 0.531. The molecule has 0 radical (unpaired) electrons. The first kappa shape index (κ1) is 33.0. The van der Waals surface area contributed by atoms with Crippen molar-refractivity contribution in [1.82, 2.24) is 20.4 Å². The molecule has 45 heavy (non-hydrogen) atoms. The van der Waals surface area contributed by atoms with Crippen LogP contribution in [0.4, 0.5) is 10.5 Å². The van der Waals surface area contributed by atoms with Crippen molar-refractivity contribution >= 4 is 45.2 Å². The standard InChI is InChI=1S/C32H42ClN5O6S/c1-31(2,3)44-30(41)37-18-15-34-20-27(37)28(39)35-25(19-22-9-11-23(33)12-10-22)29(40)36-16-13-32(14-17-36)21-38(45(4,42)43)26-8-6-5-7-24(26)32/h5-12,25,27,34H,13-21H2,1-4H3,(H,35,39). The summed E-state index contributed by atoms with van der Waals surface area (Å²) in [6.45, 7) is 7.52. The lowest BCUT2D eigenvalue weighted by atomic mass is 9.74. The molecule has 1 spiro atoms. The van der Waals surface area contributed by atoms with E-state index in [1.807, 2.05) is 36.4 Å². The number of nitrogens with one attached hydrogen (secondary N) is 2. The van der Waals surface area contributed by atoms with Gasteiger partial charge < -0.3 is 20.3 Å². The number of carbonyl (C=O) groups is 3. The van der Waals surface area contributed by atoms with Gasteiger partial charge in [-0.15, -0.1) is 0 Å². The summed E-state index contributed by atoms with van der Waals surface area (Å²) in [6.07, 6.45) is 2.05. The number of anilines is 1. The molecule has 2 aromatic carbocycles. The van der Waals surface area contributed by atoms with Crippen molar-refractivity contribution < 1.29 is 27.5 Å². The second-order valence-electron chi connectivity index (χ2n) is 13.2. The highest BCUT2D eigenvalue weighted by Crippen LogP contribution is 2.47. The van der Waals surface area contributed by atoms with Crippen LogP contribution in [0.15, 0.2) is 48.5 Å². The monoisotopic (exact) mass is 659 g/mol. The molecule has 2 N–H and O–H groups in total. The molecule has 0 aromatic heterocycles. The molecule has 0 aliphatic carbocycles. The van der Waals surface area contributed by atoms with Gasteiger partial charge in [0, 0.05) is 56.1 Å². The maximum atomic E-state index is 14.1. The SMILES string of the molecule is CC(C)(C)OC(=O)N1CCNCC1C(=O)NC(Cc1ccc(Cl)cc1)C(=O)N1CCC2(CC1)CN(S(C)(=O)=O)c1ccccc12. The predicted octanol–water partition coefficient (Wildman–Crippen LogP) is 2.92. The number of rotatable bonds is 6. The molecule has 2 aromatic rings. The lowest BCUT2D eigenvalue weighted by molar-refractivity contribution is -0.139. The number of hydrogen-bond acceptors (Lipinski definition) is 7. The van der Waals surface area contributed by atoms with Crippen LogP contribution in [0.1, 0.15) is 44.7 Å². The minimum absolute atomic E-state index is 0.230. The number of likely N-dealkylation sites (tertiary alicyclic amines) is 1. The van der Waals surface area contributed by atoms with Crippen LogP contribution in [0.3, 0.4) is 0 Å². The van der Waals surface area contributed by atoms with Crippen LogP contribution in [0.5, 0.6) is 0 Å². The Morgan fingerprint density at radius 2 is 1.73 bits per heavy atom. The van der Waals surface area contributed by atoms with Crippen molar-refractivity contribution in [2.45, 2.75) is 63.1 Å². The Hall–Kier alpha value is -3.35. The van der Waals surface area contributed by atoms with Crippen molar-refractivity contribution in [3.8, 4) is 0 Å². The molecule has 3 amide bonds. The smallest absolute Gasteiger partial charge is 0.411 e. The second-order valence-corrected chi connectivity index (χ2v) is 15.5. The molecule has 2 saturated heterocycles. The van der Waals surface area contributed by atoms with Crippen LogP contribution in [0, 0.1) is 0 Å². The number of nitrogens with zero attached hydrogens (tertiary/aromatic N) is 3. The highest BCUT2D eigenvalue weighted by Gasteiger charge is 2.48. The summed E-state index contributed by atoms with van der Waals surface area (Å²) in [5.74, 6) is -0.672. The molecule has 2 fully saturated rings. The number of piperazine rings is 1. The van der Waals surface area contributed by atoms with Crippen LogP contribution < -0.4 is 14.9 Å². The van der Waals surface area contributed by atoms with Gasteiger partial charge >= 0.3 is 6.09 Å². The van der Waals surface area contributed by atoms with E-state index in [0.29, 0.717) is 56.3 Å². The van der Waals surface area contributed by atoms with E-state index in [2.05, 4.69) is 10.6 Å². The molecule has 0 bridgehead atoms. The zero-order chi connectivity index (χ0) is 32.6. The van der Waals surface area contributed by atoms with E-state index in [1.54, 1.807) is 37.8 Å². The average molecular weight is 660 g/mol. The lowest BCUT2D eigenvalue weighted by Gasteiger charge is -2.41. The van der Waals surface area contributed by atoms with Gasteiger partial charge in [-0.2, -0.15) is 0 Å². The summed E-state index contributed by atoms with van der Waals surface area (Å²) in [6, 6.07) is 13.0. The Balaban J connectivity index is 1.34. The minimum atomic E-state index is -3.46. The fourth-order valence-electron chi connectivity index (χ4n) is 6.49. The van der Waals surface area contributed by atoms with E-state index in [1.165, 1.54) is 15.5 Å². The molecule has 0 saturated carbocycles. The Morgan fingerprint density at radius 1 is 1.07 bits per heavy atom. The van der Waals surface area contributed by atoms with Crippen LogP contribution >= 0.6 is 11.6 Å². The van der Waals surface area contributed by atoms with Crippen LogP contribution in [0.25, 0.3) is 0 Å². The molecular formula is C32H42ClN5O6S. The van der Waals surface area contributed by atoms with Gasteiger partial charge in [-0.1, -0.05) is 41.9 Å². The van der Waals surface area contributed by atoms with E-state index in [-0.39, 0.29) is 18.9 Å². The average Bonchev–Trinajstić information content (AvgIpc) is 3.31. The topological polar surface area (TPSA) is 128 Å². The van der Waals surface area contributed by atoms with Gasteiger partial charge in [0.1, 0.15) is 17.7 Å². The maximum absolute atomic E-state index is 14.1. The number of para-hydroxylation sites is 1. The third-order valence-electron chi connectivity index (χ3n) is 8.76. The van der Waals surface area contributed by atoms with Crippen molar-refractivity contribution in [3.05, 3.63) is 64.7 Å². The second kappa shape index (κ2) is 12.8. The minimum Gasteiger partial charge on any atom is -0.444 e. The van der Waals surface area contributed by atoms with Gasteiger partial charge in [-0.05, 0) is 62.9 Å². The molecule has 5 rings (SSSR count). The number of ether oxygens (including phenoxy) is 1. The molecule has 244 valence electrons. The molecule has 11 nitrogen and oxygen atoms in total. The van der Waals surface area contributed by atoms with E-state index < -0.39 is 45.1 Å². The van der Waals surface area contributed by atoms with Crippen LogP contribution in [-0.2, 0) is 36.2 Å². The molecular weight excluding hydrogens is 618 g/mol. The van der Waals surface area contributed by atoms with E-state index in [4.69, 9.17) is 16.3 Å². The Labute approximate surface area is 270 Å². The molecule has 2 unspecified atom stereocenters. The zero-order valence-corrected chi connectivity index (χ0v) is 27.8. The highest BCUT2D eigenvalue weighted by molar-refractivity contribution is 7.92. The summed E-state index contributed by atoms with van der Waals surface area (Å²) < 4.78 is 32.3. The molecule has 3 heterocycles. The third-order valence-corrected chi connectivity index (χ3v) is 10.1. The van der Waals surface area contributed by atoms with Crippen molar-refractivity contribution in [2.24, 2.45) is 0 Å². The van der Waals surface area contributed by atoms with Crippen molar-refractivity contribution in [2.75, 3.05) is 49.8 Å². The van der Waals surface area contributed by atoms with E-state index >= 15 is 0 Å². The molecule has 2 atom stereocenters. The first-order valence-electron chi connectivity index (χ1n) is 15.3. The summed E-state index contributed by atoms with van der Waals surface area (Å²) in [5.41, 5.74) is 1.39. The van der Waals surface area contributed by atoms with E-state index in [9.17, 15) is 22.8 Å². The predicted molar refractivity (Wildman–Crippen MR) is 173 cm³/mol. The van der Waals surface area contributed by atoms with Crippen LogP contribution in [0.2, 0.25) is 5.02 Å². The Bertz CT molecular complexity index is 1540. The molecule has 13 heteroatoms. The first-order chi connectivity index (χ1) is 21.2. The number of fused-ring (bicyclic) bond motifs is 2. The number of benzene rings is 2. The van der Waals surface area contributed by atoms with Gasteiger partial charge in [-0.25, -0.2) is 13.2 Å². The number of amides is 3. The number of piperidine rings is 1. The van der Waals surface area contributed by atoms with E-state index in [0.717, 1.165) is 11.1 Å². The maximum Gasteiger partial charge on any atom is 0.411 e. The number of sulfonamides is 1. The van der Waals surface area contributed by atoms with Gasteiger partial charge in [0.15, 0.2) is 0 Å². The Morgan fingerprint density at radius 3 is 2.38 bits per heavy atom. The van der Waals surface area contributed by atoms with Crippen molar-refractivity contribution in [3.63, 3.8) is 0 Å². The summed E-state index contributed by atoms with van der Waals surface area (Å²) in [5, 5.41) is 6.69. The number of halogens is 1. The van der Waals surface area contributed by atoms with Gasteiger partial charge in [0.25, 0.3) is 0 Å². The van der Waals surface area contributed by atoms with Crippen molar-refractivity contribution in [1.29, 1.82) is 0 Å². The lowest BCUT2D eigenvalue weighted by Crippen LogP contribution is -2.63. The zero-order valence-electron chi connectivity index (χ0n) is 26.2. The highest BCUT2D eigenvalue weighted by atomic mass is 35.5. The first-order valence-corrected chi connectivity index (χ1v) is 17.5. The third kappa shape index (κ3) is 7.39.